The predicted molar refractivity (Wildman–Crippen MR) is 57.5 cm³/mol. The fourth-order valence-corrected chi connectivity index (χ4v) is 1.10. The third kappa shape index (κ3) is 3.10. The van der Waals surface area contributed by atoms with Crippen LogP contribution in [0.3, 0.4) is 0 Å². The van der Waals surface area contributed by atoms with E-state index in [1.165, 1.54) is 0 Å². The van der Waals surface area contributed by atoms with E-state index in [2.05, 4.69) is 26.1 Å². The summed E-state index contributed by atoms with van der Waals surface area (Å²) < 4.78 is 0.957. The summed E-state index contributed by atoms with van der Waals surface area (Å²) in [6, 6.07) is 7.24. The topological polar surface area (TPSA) is 64.3 Å². The molecule has 1 aromatic carbocycles. The SMILES string of the molecule is CC(ON)C(=O)Nc1ccc(Br)cc1. The number of carbonyl (C=O) groups excluding carboxylic acids is 1. The minimum absolute atomic E-state index is 0.269. The summed E-state index contributed by atoms with van der Waals surface area (Å²) in [6.45, 7) is 1.58. The van der Waals surface area contributed by atoms with E-state index in [-0.39, 0.29) is 5.91 Å². The van der Waals surface area contributed by atoms with Gasteiger partial charge in [-0.25, -0.2) is 5.90 Å². The van der Waals surface area contributed by atoms with Gasteiger partial charge in [0.25, 0.3) is 5.91 Å². The lowest BCUT2D eigenvalue weighted by molar-refractivity contribution is -0.126. The van der Waals surface area contributed by atoms with Crippen LogP contribution >= 0.6 is 15.9 Å². The monoisotopic (exact) mass is 258 g/mol. The number of amides is 1. The Kier molecular flexibility index (Phi) is 4.06. The van der Waals surface area contributed by atoms with Crippen LogP contribution in [0.5, 0.6) is 0 Å². The van der Waals surface area contributed by atoms with Gasteiger partial charge in [0.05, 0.1) is 0 Å². The lowest BCUT2D eigenvalue weighted by Gasteiger charge is -2.09. The number of hydrogen-bond acceptors (Lipinski definition) is 3. The average Bonchev–Trinajstić information content (AvgIpc) is 2.20. The highest BCUT2D eigenvalue weighted by Gasteiger charge is 2.11. The van der Waals surface area contributed by atoms with Crippen LogP contribution in [0.25, 0.3) is 0 Å². The van der Waals surface area contributed by atoms with Gasteiger partial charge in [-0.1, -0.05) is 15.9 Å². The summed E-state index contributed by atoms with van der Waals surface area (Å²) >= 11 is 3.30. The zero-order chi connectivity index (χ0) is 10.6. The van der Waals surface area contributed by atoms with Crippen LogP contribution in [0.4, 0.5) is 5.69 Å². The maximum atomic E-state index is 11.3. The van der Waals surface area contributed by atoms with Crippen molar-refractivity contribution in [1.29, 1.82) is 0 Å². The van der Waals surface area contributed by atoms with Crippen LogP contribution in [0, 0.1) is 0 Å². The molecule has 1 aromatic rings. The van der Waals surface area contributed by atoms with Gasteiger partial charge in [-0.2, -0.15) is 0 Å². The lowest BCUT2D eigenvalue weighted by atomic mass is 10.3. The fraction of sp³-hybridized carbons (Fsp3) is 0.222. The number of hydrogen-bond donors (Lipinski definition) is 2. The highest BCUT2D eigenvalue weighted by molar-refractivity contribution is 9.10. The van der Waals surface area contributed by atoms with E-state index in [0.29, 0.717) is 5.69 Å². The smallest absolute Gasteiger partial charge is 0.255 e. The second-order valence-electron chi connectivity index (χ2n) is 2.77. The number of nitrogens with one attached hydrogen (secondary N) is 1. The number of rotatable bonds is 3. The van der Waals surface area contributed by atoms with Crippen LogP contribution in [0.15, 0.2) is 28.7 Å². The molecule has 76 valence electrons. The summed E-state index contributed by atoms with van der Waals surface area (Å²) in [5.41, 5.74) is 0.710. The van der Waals surface area contributed by atoms with Crippen molar-refractivity contribution >= 4 is 27.5 Å². The first kappa shape index (κ1) is 11.2. The van der Waals surface area contributed by atoms with E-state index >= 15 is 0 Å². The van der Waals surface area contributed by atoms with Gasteiger partial charge in [-0.3, -0.25) is 9.63 Å². The largest absolute Gasteiger partial charge is 0.324 e. The summed E-state index contributed by atoms with van der Waals surface area (Å²) in [7, 11) is 0. The van der Waals surface area contributed by atoms with Crippen molar-refractivity contribution < 1.29 is 9.63 Å². The van der Waals surface area contributed by atoms with E-state index in [4.69, 9.17) is 5.90 Å². The van der Waals surface area contributed by atoms with Crippen molar-refractivity contribution in [3.05, 3.63) is 28.7 Å². The quantitative estimate of drug-likeness (QED) is 0.811. The molecule has 0 radical (unpaired) electrons. The highest BCUT2D eigenvalue weighted by Crippen LogP contribution is 2.14. The Hall–Kier alpha value is -0.910. The molecule has 3 N–H and O–H groups in total. The molecule has 1 amide bonds. The van der Waals surface area contributed by atoms with E-state index in [1.54, 1.807) is 19.1 Å². The highest BCUT2D eigenvalue weighted by atomic mass is 79.9. The predicted octanol–water partition coefficient (Wildman–Crippen LogP) is 1.67. The molecule has 0 heterocycles. The van der Waals surface area contributed by atoms with Crippen molar-refractivity contribution in [3.63, 3.8) is 0 Å². The van der Waals surface area contributed by atoms with E-state index in [9.17, 15) is 4.79 Å². The van der Waals surface area contributed by atoms with Gasteiger partial charge in [0.2, 0.25) is 0 Å². The van der Waals surface area contributed by atoms with E-state index in [1.807, 2.05) is 12.1 Å². The fourth-order valence-electron chi connectivity index (χ4n) is 0.839. The maximum Gasteiger partial charge on any atom is 0.255 e. The van der Waals surface area contributed by atoms with Gasteiger partial charge in [-0.05, 0) is 31.2 Å². The van der Waals surface area contributed by atoms with E-state index < -0.39 is 6.10 Å². The van der Waals surface area contributed by atoms with Gasteiger partial charge in [0, 0.05) is 10.2 Å². The molecule has 5 heteroatoms. The Labute approximate surface area is 90.5 Å². The molecule has 1 atom stereocenters. The maximum absolute atomic E-state index is 11.3. The van der Waals surface area contributed by atoms with Crippen molar-refractivity contribution in [3.8, 4) is 0 Å². The third-order valence-corrected chi connectivity index (χ3v) is 2.21. The molecule has 0 spiro atoms. The van der Waals surface area contributed by atoms with Crippen molar-refractivity contribution in [2.24, 2.45) is 5.90 Å². The van der Waals surface area contributed by atoms with Crippen LogP contribution in [-0.4, -0.2) is 12.0 Å². The number of nitrogens with two attached hydrogens (primary N) is 1. The number of benzene rings is 1. The standard InChI is InChI=1S/C9H11BrN2O2/c1-6(14-11)9(13)12-8-4-2-7(10)3-5-8/h2-6H,11H2,1H3,(H,12,13). The first-order valence-corrected chi connectivity index (χ1v) is 4.84. The zero-order valence-corrected chi connectivity index (χ0v) is 9.24. The van der Waals surface area contributed by atoms with Gasteiger partial charge in [-0.15, -0.1) is 0 Å². The molecular formula is C9H11BrN2O2. The summed E-state index contributed by atoms with van der Waals surface area (Å²) in [5.74, 6) is 4.61. The summed E-state index contributed by atoms with van der Waals surface area (Å²) in [4.78, 5) is 15.7. The summed E-state index contributed by atoms with van der Waals surface area (Å²) in [5, 5.41) is 2.66. The van der Waals surface area contributed by atoms with Crippen LogP contribution in [-0.2, 0) is 9.63 Å². The molecule has 0 aliphatic carbocycles. The van der Waals surface area contributed by atoms with Gasteiger partial charge in [0.15, 0.2) is 6.10 Å². The number of anilines is 1. The molecule has 4 nitrogen and oxygen atoms in total. The molecule has 0 saturated carbocycles. The van der Waals surface area contributed by atoms with E-state index in [0.717, 1.165) is 4.47 Å². The minimum Gasteiger partial charge on any atom is -0.324 e. The first-order chi connectivity index (χ1) is 6.63. The first-order valence-electron chi connectivity index (χ1n) is 4.05. The second-order valence-corrected chi connectivity index (χ2v) is 3.69. The zero-order valence-electron chi connectivity index (χ0n) is 7.66. The Morgan fingerprint density at radius 2 is 2.07 bits per heavy atom. The molecule has 0 saturated heterocycles. The lowest BCUT2D eigenvalue weighted by Crippen LogP contribution is -2.29. The van der Waals surface area contributed by atoms with Crippen LogP contribution in [0.1, 0.15) is 6.92 Å². The molecule has 0 bridgehead atoms. The van der Waals surface area contributed by atoms with Crippen LogP contribution in [0.2, 0.25) is 0 Å². The third-order valence-electron chi connectivity index (χ3n) is 1.69. The van der Waals surface area contributed by atoms with Crippen molar-refractivity contribution in [2.75, 3.05) is 5.32 Å². The van der Waals surface area contributed by atoms with Gasteiger partial charge < -0.3 is 5.32 Å². The molecular weight excluding hydrogens is 248 g/mol. The number of carbonyl (C=O) groups is 1. The van der Waals surface area contributed by atoms with Gasteiger partial charge >= 0.3 is 0 Å². The number of halogens is 1. The Bertz CT molecular complexity index is 313. The molecule has 1 rings (SSSR count). The average molecular weight is 259 g/mol. The Morgan fingerprint density at radius 1 is 1.50 bits per heavy atom. The molecule has 0 aromatic heterocycles. The Balaban J connectivity index is 2.60. The van der Waals surface area contributed by atoms with Gasteiger partial charge in [0.1, 0.15) is 0 Å². The van der Waals surface area contributed by atoms with Crippen molar-refractivity contribution in [2.45, 2.75) is 13.0 Å². The molecule has 0 fully saturated rings. The molecule has 0 aliphatic heterocycles. The second kappa shape index (κ2) is 5.09. The Morgan fingerprint density at radius 3 is 2.57 bits per heavy atom. The normalized spacial score (nSPS) is 12.2. The van der Waals surface area contributed by atoms with Crippen LogP contribution < -0.4 is 11.2 Å². The molecule has 14 heavy (non-hydrogen) atoms. The molecule has 0 aliphatic rings. The molecule has 1 unspecified atom stereocenters. The van der Waals surface area contributed by atoms with Crippen molar-refractivity contribution in [1.82, 2.24) is 0 Å². The minimum atomic E-state index is -0.654. The summed E-state index contributed by atoms with van der Waals surface area (Å²) in [6.07, 6.45) is -0.654.